The third-order valence-electron chi connectivity index (χ3n) is 7.26. The fourth-order valence-electron chi connectivity index (χ4n) is 4.74. The predicted octanol–water partition coefficient (Wildman–Crippen LogP) is 7.36. The second-order valence-electron chi connectivity index (χ2n) is 11.1. The van der Waals surface area contributed by atoms with E-state index >= 15 is 0 Å². The number of amides is 1. The number of benzene rings is 3. The quantitative estimate of drug-likeness (QED) is 0.153. The molecule has 4 aromatic rings. The molecule has 1 heterocycles. The zero-order valence-electron chi connectivity index (χ0n) is 24.7. The molecule has 7 heteroatoms. The lowest BCUT2D eigenvalue weighted by atomic mass is 10.0. The molecular weight excluding hydrogens is 544 g/mol. The summed E-state index contributed by atoms with van der Waals surface area (Å²) < 4.78 is 6.14. The molecule has 3 aromatic carbocycles. The van der Waals surface area contributed by atoms with E-state index in [1.165, 1.54) is 11.1 Å². The van der Waals surface area contributed by atoms with Crippen LogP contribution < -0.4 is 16.0 Å². The lowest BCUT2D eigenvalue weighted by molar-refractivity contribution is 0.0935. The highest BCUT2D eigenvalue weighted by molar-refractivity contribution is 6.34. The molecule has 1 aromatic heterocycles. The third kappa shape index (κ3) is 8.80. The first-order chi connectivity index (χ1) is 20.2. The van der Waals surface area contributed by atoms with Crippen LogP contribution in [0.2, 0.25) is 5.02 Å². The van der Waals surface area contributed by atoms with Crippen molar-refractivity contribution in [2.45, 2.75) is 65.2 Å². The largest absolute Gasteiger partial charge is 0.460 e. The van der Waals surface area contributed by atoms with E-state index in [9.17, 15) is 4.79 Å². The second kappa shape index (κ2) is 14.8. The Morgan fingerprint density at radius 1 is 0.952 bits per heavy atom. The van der Waals surface area contributed by atoms with E-state index in [0.717, 1.165) is 29.9 Å². The molecule has 42 heavy (non-hydrogen) atoms. The summed E-state index contributed by atoms with van der Waals surface area (Å²) in [6, 6.07) is 27.8. The zero-order valence-corrected chi connectivity index (χ0v) is 25.5. The van der Waals surface area contributed by atoms with Crippen molar-refractivity contribution in [3.8, 4) is 17.4 Å². The number of nitrogens with zero attached hydrogens (tertiary/aromatic N) is 1. The number of halogens is 1. The molecule has 0 fully saturated rings. The molecule has 0 saturated carbocycles. The molecule has 1 amide bonds. The number of hydrogen-bond acceptors (Lipinski definition) is 5. The van der Waals surface area contributed by atoms with Crippen LogP contribution in [0.5, 0.6) is 0 Å². The van der Waals surface area contributed by atoms with Crippen LogP contribution in [-0.2, 0) is 13.0 Å². The normalized spacial score (nSPS) is 12.6. The van der Waals surface area contributed by atoms with Gasteiger partial charge in [0.25, 0.3) is 5.91 Å². The van der Waals surface area contributed by atoms with E-state index in [1.807, 2.05) is 30.3 Å². The summed E-state index contributed by atoms with van der Waals surface area (Å²) in [6.07, 6.45) is 1.39. The third-order valence-corrected chi connectivity index (χ3v) is 7.59. The Kier molecular flexibility index (Phi) is 11.0. The van der Waals surface area contributed by atoms with E-state index in [-0.39, 0.29) is 18.0 Å². The molecule has 0 aliphatic rings. The van der Waals surface area contributed by atoms with Crippen molar-refractivity contribution in [1.29, 1.82) is 5.26 Å². The minimum Gasteiger partial charge on any atom is -0.460 e. The molecule has 0 unspecified atom stereocenters. The second-order valence-corrected chi connectivity index (χ2v) is 11.5. The Labute approximate surface area is 254 Å². The number of nitrogens with one attached hydrogen (secondary N) is 3. The Bertz CT molecular complexity index is 1500. The average molecular weight is 583 g/mol. The maximum absolute atomic E-state index is 13.5. The fraction of sp³-hybridized carbons (Fsp3) is 0.314. The van der Waals surface area contributed by atoms with Gasteiger partial charge in [-0.3, -0.25) is 4.79 Å². The molecule has 0 aliphatic heterocycles. The van der Waals surface area contributed by atoms with Gasteiger partial charge in [0.15, 0.2) is 0 Å². The minimum absolute atomic E-state index is 0.117. The van der Waals surface area contributed by atoms with Crippen molar-refractivity contribution in [3.05, 3.63) is 117 Å². The monoisotopic (exact) mass is 582 g/mol. The van der Waals surface area contributed by atoms with Crippen LogP contribution in [0.25, 0.3) is 11.3 Å². The first-order valence-electron chi connectivity index (χ1n) is 14.4. The van der Waals surface area contributed by atoms with E-state index in [1.54, 1.807) is 24.3 Å². The van der Waals surface area contributed by atoms with Gasteiger partial charge in [-0.1, -0.05) is 67.4 Å². The summed E-state index contributed by atoms with van der Waals surface area (Å²) in [6.45, 7) is 9.75. The highest BCUT2D eigenvalue weighted by atomic mass is 35.5. The molecule has 0 radical (unpaired) electrons. The Balaban J connectivity index is 1.44. The van der Waals surface area contributed by atoms with E-state index in [4.69, 9.17) is 21.3 Å². The van der Waals surface area contributed by atoms with Gasteiger partial charge in [0, 0.05) is 23.7 Å². The molecule has 0 saturated heterocycles. The molecular formula is C35H39ClN4O2. The summed E-state index contributed by atoms with van der Waals surface area (Å²) in [7, 11) is 0. The van der Waals surface area contributed by atoms with Crippen LogP contribution in [0.4, 0.5) is 0 Å². The predicted molar refractivity (Wildman–Crippen MR) is 169 cm³/mol. The van der Waals surface area contributed by atoms with Crippen LogP contribution >= 0.6 is 11.6 Å². The SMILES string of the molecule is Cc1ccc([C@@H](C)NCc2ccc(-c3ccc(Cl)c(C(=O)N[C@@H](CCNC(C)C)Cc4ccc(C#N)cc4)c3)o2)cc1. The van der Waals surface area contributed by atoms with Crippen LogP contribution in [-0.4, -0.2) is 24.5 Å². The van der Waals surface area contributed by atoms with E-state index in [2.05, 4.69) is 74.0 Å². The van der Waals surface area contributed by atoms with Gasteiger partial charge in [-0.05, 0) is 86.8 Å². The van der Waals surface area contributed by atoms with Crippen molar-refractivity contribution in [2.75, 3.05) is 6.54 Å². The molecule has 218 valence electrons. The highest BCUT2D eigenvalue weighted by Gasteiger charge is 2.19. The molecule has 3 N–H and O–H groups in total. The summed E-state index contributed by atoms with van der Waals surface area (Å²) in [5.74, 6) is 1.26. The molecule has 0 bridgehead atoms. The van der Waals surface area contributed by atoms with Crippen LogP contribution in [0.1, 0.15) is 71.6 Å². The van der Waals surface area contributed by atoms with Gasteiger partial charge in [-0.15, -0.1) is 0 Å². The first-order valence-corrected chi connectivity index (χ1v) is 14.8. The molecule has 6 nitrogen and oxygen atoms in total. The first kappa shape index (κ1) is 31.1. The molecule has 4 rings (SSSR count). The Morgan fingerprint density at radius 2 is 1.69 bits per heavy atom. The maximum atomic E-state index is 13.5. The van der Waals surface area contributed by atoms with Crippen molar-refractivity contribution >= 4 is 17.5 Å². The van der Waals surface area contributed by atoms with Crippen molar-refractivity contribution in [2.24, 2.45) is 0 Å². The van der Waals surface area contributed by atoms with E-state index < -0.39 is 0 Å². The standard InChI is InChI=1S/C35H39ClN4O2/c1-23(2)38-18-17-30(19-26-7-9-27(21-37)10-8-26)40-35(41)32-20-29(13-15-33(32)36)34-16-14-31(42-34)22-39-25(4)28-11-5-24(3)6-12-28/h5-16,20,23,25,30,38-39H,17-19,22H2,1-4H3,(H,40,41)/t25-,30+/m1/s1. The van der Waals surface area contributed by atoms with Crippen LogP contribution in [0, 0.1) is 18.3 Å². The fourth-order valence-corrected chi connectivity index (χ4v) is 4.95. The number of aryl methyl sites for hydroxylation is 1. The van der Waals surface area contributed by atoms with E-state index in [0.29, 0.717) is 40.9 Å². The lowest BCUT2D eigenvalue weighted by Gasteiger charge is -2.21. The van der Waals surface area contributed by atoms with Gasteiger partial charge in [-0.2, -0.15) is 5.26 Å². The van der Waals surface area contributed by atoms with Crippen LogP contribution in [0.3, 0.4) is 0 Å². The number of rotatable bonds is 13. The Morgan fingerprint density at radius 3 is 2.38 bits per heavy atom. The highest BCUT2D eigenvalue weighted by Crippen LogP contribution is 2.27. The average Bonchev–Trinajstić information content (AvgIpc) is 3.45. The minimum atomic E-state index is -0.231. The molecule has 2 atom stereocenters. The van der Waals surface area contributed by atoms with Crippen molar-refractivity contribution in [1.82, 2.24) is 16.0 Å². The maximum Gasteiger partial charge on any atom is 0.253 e. The van der Waals surface area contributed by atoms with Gasteiger partial charge in [-0.25, -0.2) is 0 Å². The number of carbonyl (C=O) groups is 1. The van der Waals surface area contributed by atoms with Crippen LogP contribution in [0.15, 0.2) is 83.3 Å². The number of nitriles is 1. The van der Waals surface area contributed by atoms with Gasteiger partial charge in [0.2, 0.25) is 0 Å². The molecule has 0 spiro atoms. The molecule has 0 aliphatic carbocycles. The van der Waals surface area contributed by atoms with Crippen molar-refractivity contribution in [3.63, 3.8) is 0 Å². The zero-order chi connectivity index (χ0) is 30.1. The topological polar surface area (TPSA) is 90.1 Å². The van der Waals surface area contributed by atoms with Gasteiger partial charge >= 0.3 is 0 Å². The van der Waals surface area contributed by atoms with Crippen molar-refractivity contribution < 1.29 is 9.21 Å². The smallest absolute Gasteiger partial charge is 0.253 e. The summed E-state index contributed by atoms with van der Waals surface area (Å²) >= 11 is 6.51. The van der Waals surface area contributed by atoms with Gasteiger partial charge in [0.05, 0.1) is 28.8 Å². The number of hydrogen-bond donors (Lipinski definition) is 3. The van der Waals surface area contributed by atoms with Gasteiger partial charge in [0.1, 0.15) is 11.5 Å². The number of furan rings is 1. The summed E-state index contributed by atoms with van der Waals surface area (Å²) in [5.41, 5.74) is 5.31. The number of carbonyl (C=O) groups excluding carboxylic acids is 1. The van der Waals surface area contributed by atoms with Gasteiger partial charge < -0.3 is 20.4 Å². The Hall–Kier alpha value is -3.89. The lowest BCUT2D eigenvalue weighted by Crippen LogP contribution is -2.39. The summed E-state index contributed by atoms with van der Waals surface area (Å²) in [4.78, 5) is 13.5. The summed E-state index contributed by atoms with van der Waals surface area (Å²) in [5, 5.41) is 19.6.